The Hall–Kier alpha value is -1.46. The van der Waals surface area contributed by atoms with E-state index in [2.05, 4.69) is 30.7 Å². The summed E-state index contributed by atoms with van der Waals surface area (Å²) in [7, 11) is 0. The number of rotatable bonds is 4. The van der Waals surface area contributed by atoms with Gasteiger partial charge in [0.15, 0.2) is 0 Å². The van der Waals surface area contributed by atoms with Crippen LogP contribution in [0.4, 0.5) is 0 Å². The summed E-state index contributed by atoms with van der Waals surface area (Å²) < 4.78 is 5.61. The van der Waals surface area contributed by atoms with Crippen molar-refractivity contribution in [1.82, 2.24) is 9.97 Å². The van der Waals surface area contributed by atoms with Gasteiger partial charge in [-0.05, 0) is 19.9 Å². The van der Waals surface area contributed by atoms with Crippen LogP contribution >= 0.6 is 11.3 Å². The third kappa shape index (κ3) is 4.02. The first-order chi connectivity index (χ1) is 9.77. The standard InChI is InChI=1S/C16H22N2O2S/c1-10(2)20-12-6-11(7-17-8-12)14(19)13-9-21-15(18-13)16(3,4)5/h6-10,14,19H,1-5H3. The molecule has 1 atom stereocenters. The van der Waals surface area contributed by atoms with Crippen molar-refractivity contribution in [3.63, 3.8) is 0 Å². The lowest BCUT2D eigenvalue weighted by molar-refractivity contribution is 0.211. The first-order valence-corrected chi connectivity index (χ1v) is 7.91. The van der Waals surface area contributed by atoms with Crippen molar-refractivity contribution >= 4 is 11.3 Å². The highest BCUT2D eigenvalue weighted by Crippen LogP contribution is 2.30. The summed E-state index contributed by atoms with van der Waals surface area (Å²) in [5.74, 6) is 0.660. The maximum atomic E-state index is 10.5. The highest BCUT2D eigenvalue weighted by Gasteiger charge is 2.21. The molecule has 0 radical (unpaired) electrons. The molecule has 4 nitrogen and oxygen atoms in total. The van der Waals surface area contributed by atoms with Gasteiger partial charge in [0, 0.05) is 22.6 Å². The molecule has 0 amide bonds. The van der Waals surface area contributed by atoms with Crippen LogP contribution in [0.3, 0.4) is 0 Å². The number of hydrogen-bond acceptors (Lipinski definition) is 5. The molecule has 2 aromatic rings. The minimum atomic E-state index is -0.777. The van der Waals surface area contributed by atoms with Crippen LogP contribution < -0.4 is 4.74 Å². The average molecular weight is 306 g/mol. The van der Waals surface area contributed by atoms with Gasteiger partial charge in [-0.3, -0.25) is 4.98 Å². The molecule has 0 aromatic carbocycles. The fourth-order valence-corrected chi connectivity index (χ4v) is 2.77. The molecule has 2 aromatic heterocycles. The zero-order valence-corrected chi connectivity index (χ0v) is 13.9. The zero-order chi connectivity index (χ0) is 15.6. The van der Waals surface area contributed by atoms with E-state index >= 15 is 0 Å². The largest absolute Gasteiger partial charge is 0.489 e. The Bertz CT molecular complexity index is 602. The highest BCUT2D eigenvalue weighted by atomic mass is 32.1. The third-order valence-electron chi connectivity index (χ3n) is 2.87. The molecule has 1 unspecified atom stereocenters. The quantitative estimate of drug-likeness (QED) is 0.935. The predicted molar refractivity (Wildman–Crippen MR) is 84.9 cm³/mol. The van der Waals surface area contributed by atoms with E-state index in [1.165, 1.54) is 0 Å². The number of ether oxygens (including phenoxy) is 1. The highest BCUT2D eigenvalue weighted by molar-refractivity contribution is 7.09. The van der Waals surface area contributed by atoms with Gasteiger partial charge in [0.2, 0.25) is 0 Å². The van der Waals surface area contributed by atoms with Gasteiger partial charge in [0.1, 0.15) is 11.9 Å². The van der Waals surface area contributed by atoms with Crippen molar-refractivity contribution < 1.29 is 9.84 Å². The summed E-state index contributed by atoms with van der Waals surface area (Å²) in [4.78, 5) is 8.68. The number of aromatic nitrogens is 2. The Kier molecular flexibility index (Phi) is 4.64. The number of nitrogens with zero attached hydrogens (tertiary/aromatic N) is 2. The van der Waals surface area contributed by atoms with E-state index in [9.17, 15) is 5.11 Å². The summed E-state index contributed by atoms with van der Waals surface area (Å²) in [5.41, 5.74) is 1.34. The van der Waals surface area contributed by atoms with Crippen molar-refractivity contribution in [2.45, 2.75) is 52.2 Å². The van der Waals surface area contributed by atoms with Crippen LogP contribution in [0, 0.1) is 0 Å². The Balaban J connectivity index is 2.23. The first kappa shape index (κ1) is 15.9. The Morgan fingerprint density at radius 3 is 2.52 bits per heavy atom. The molecular weight excluding hydrogens is 284 g/mol. The van der Waals surface area contributed by atoms with Gasteiger partial charge in [0.05, 0.1) is 23.0 Å². The second-order valence-corrected chi connectivity index (χ2v) is 7.21. The minimum absolute atomic E-state index is 0.0104. The zero-order valence-electron chi connectivity index (χ0n) is 13.1. The molecule has 0 saturated heterocycles. The lowest BCUT2D eigenvalue weighted by atomic mass is 9.98. The van der Waals surface area contributed by atoms with Gasteiger partial charge in [-0.15, -0.1) is 11.3 Å². The SMILES string of the molecule is CC(C)Oc1cncc(C(O)c2csc(C(C)(C)C)n2)c1. The Labute approximate surface area is 129 Å². The van der Waals surface area contributed by atoms with Crippen LogP contribution in [0.25, 0.3) is 0 Å². The molecule has 1 N–H and O–H groups in total. The number of aliphatic hydroxyl groups excluding tert-OH is 1. The normalized spacial score (nSPS) is 13.5. The van der Waals surface area contributed by atoms with E-state index in [0.717, 1.165) is 5.01 Å². The van der Waals surface area contributed by atoms with Crippen LogP contribution in [-0.4, -0.2) is 21.2 Å². The summed E-state index contributed by atoms with van der Waals surface area (Å²) in [6.07, 6.45) is 2.60. The van der Waals surface area contributed by atoms with E-state index in [1.54, 1.807) is 23.7 Å². The molecule has 2 heterocycles. The lowest BCUT2D eigenvalue weighted by Gasteiger charge is -2.15. The molecule has 21 heavy (non-hydrogen) atoms. The van der Waals surface area contributed by atoms with Gasteiger partial charge >= 0.3 is 0 Å². The average Bonchev–Trinajstić information content (AvgIpc) is 2.86. The summed E-state index contributed by atoms with van der Waals surface area (Å²) in [5, 5.41) is 13.4. The van der Waals surface area contributed by atoms with E-state index in [-0.39, 0.29) is 11.5 Å². The molecule has 0 saturated carbocycles. The second kappa shape index (κ2) is 6.12. The molecule has 0 fully saturated rings. The number of thiazole rings is 1. The fourth-order valence-electron chi connectivity index (χ4n) is 1.85. The maximum Gasteiger partial charge on any atom is 0.138 e. The van der Waals surface area contributed by atoms with Crippen LogP contribution in [0.1, 0.15) is 57.0 Å². The molecule has 0 aliphatic rings. The van der Waals surface area contributed by atoms with Gasteiger partial charge in [0.25, 0.3) is 0 Å². The van der Waals surface area contributed by atoms with Crippen LogP contribution in [0.5, 0.6) is 5.75 Å². The second-order valence-electron chi connectivity index (χ2n) is 6.35. The number of hydrogen-bond donors (Lipinski definition) is 1. The minimum Gasteiger partial charge on any atom is -0.489 e. The lowest BCUT2D eigenvalue weighted by Crippen LogP contribution is -2.11. The molecular formula is C16H22N2O2S. The van der Waals surface area contributed by atoms with Crippen LogP contribution in [0.2, 0.25) is 0 Å². The fraction of sp³-hybridized carbons (Fsp3) is 0.500. The van der Waals surface area contributed by atoms with Crippen molar-refractivity contribution in [1.29, 1.82) is 0 Å². The molecule has 0 bridgehead atoms. The van der Waals surface area contributed by atoms with Gasteiger partial charge in [-0.25, -0.2) is 4.98 Å². The molecule has 2 rings (SSSR count). The van der Waals surface area contributed by atoms with E-state index < -0.39 is 6.10 Å². The topological polar surface area (TPSA) is 55.2 Å². The summed E-state index contributed by atoms with van der Waals surface area (Å²) >= 11 is 1.57. The van der Waals surface area contributed by atoms with Crippen molar-refractivity contribution in [3.05, 3.63) is 40.1 Å². The third-order valence-corrected chi connectivity index (χ3v) is 4.15. The maximum absolute atomic E-state index is 10.5. The van der Waals surface area contributed by atoms with Crippen LogP contribution in [0.15, 0.2) is 23.8 Å². The van der Waals surface area contributed by atoms with Crippen molar-refractivity contribution in [3.8, 4) is 5.75 Å². The molecule has 5 heteroatoms. The summed E-state index contributed by atoms with van der Waals surface area (Å²) in [6, 6.07) is 1.81. The van der Waals surface area contributed by atoms with Crippen LogP contribution in [-0.2, 0) is 5.41 Å². The van der Waals surface area contributed by atoms with E-state index in [4.69, 9.17) is 4.74 Å². The van der Waals surface area contributed by atoms with Crippen molar-refractivity contribution in [2.75, 3.05) is 0 Å². The Morgan fingerprint density at radius 2 is 1.95 bits per heavy atom. The van der Waals surface area contributed by atoms with E-state index in [1.807, 2.05) is 25.3 Å². The predicted octanol–water partition coefficient (Wildman–Crippen LogP) is 3.70. The molecule has 0 spiro atoms. The van der Waals surface area contributed by atoms with Gasteiger partial charge in [-0.2, -0.15) is 0 Å². The first-order valence-electron chi connectivity index (χ1n) is 7.03. The smallest absolute Gasteiger partial charge is 0.138 e. The number of pyridine rings is 1. The molecule has 114 valence electrons. The Morgan fingerprint density at radius 1 is 1.24 bits per heavy atom. The van der Waals surface area contributed by atoms with E-state index in [0.29, 0.717) is 17.0 Å². The van der Waals surface area contributed by atoms with Gasteiger partial charge < -0.3 is 9.84 Å². The molecule has 0 aliphatic heterocycles. The number of aliphatic hydroxyl groups is 1. The van der Waals surface area contributed by atoms with Crippen molar-refractivity contribution in [2.24, 2.45) is 0 Å². The van der Waals surface area contributed by atoms with Gasteiger partial charge in [-0.1, -0.05) is 20.8 Å². The summed E-state index contributed by atoms with van der Waals surface area (Å²) in [6.45, 7) is 10.3. The monoisotopic (exact) mass is 306 g/mol. The molecule has 0 aliphatic carbocycles.